The molecule has 36 heavy (non-hydrogen) atoms. The number of ketones is 1. The van der Waals surface area contributed by atoms with Crippen LogP contribution in [0.1, 0.15) is 36.1 Å². The molecule has 3 heteroatoms. The first kappa shape index (κ1) is 26.8. The van der Waals surface area contributed by atoms with Gasteiger partial charge < -0.3 is 5.11 Å². The molecule has 2 nitrogen and oxygen atoms in total. The van der Waals surface area contributed by atoms with Crippen LogP contribution in [0.5, 0.6) is 0 Å². The summed E-state index contributed by atoms with van der Waals surface area (Å²) in [5, 5.41) is 8.36. The van der Waals surface area contributed by atoms with Gasteiger partial charge in [-0.2, -0.15) is 0 Å². The number of aliphatic hydroxyl groups excluding tert-OH is 1. The molecule has 4 aromatic carbocycles. The molecule has 0 bridgehead atoms. The van der Waals surface area contributed by atoms with E-state index in [0.717, 1.165) is 0 Å². The van der Waals surface area contributed by atoms with Gasteiger partial charge in [-0.3, -0.25) is 4.79 Å². The quantitative estimate of drug-likeness (QED) is 0.152. The van der Waals surface area contributed by atoms with Crippen LogP contribution < -0.4 is 0 Å². The summed E-state index contributed by atoms with van der Waals surface area (Å²) < 4.78 is 0. The molecule has 4 aromatic rings. The molecule has 0 heterocycles. The van der Waals surface area contributed by atoms with E-state index in [9.17, 15) is 4.79 Å². The minimum atomic E-state index is -0.125. The van der Waals surface area contributed by atoms with Crippen molar-refractivity contribution in [1.29, 1.82) is 0 Å². The van der Waals surface area contributed by atoms with Gasteiger partial charge >= 0.3 is 0 Å². The van der Waals surface area contributed by atoms with E-state index in [0.29, 0.717) is 0 Å². The zero-order valence-corrected chi connectivity index (χ0v) is 22.0. The summed E-state index contributed by atoms with van der Waals surface area (Å²) in [6, 6.07) is 43.0. The molecular formula is C33H28O2Rh. The maximum Gasteiger partial charge on any atom is 0.155 e. The van der Waals surface area contributed by atoms with Crippen molar-refractivity contribution < 1.29 is 29.4 Å². The third-order valence-corrected chi connectivity index (χ3v) is 5.66. The minimum absolute atomic E-state index is 0. The normalized spacial score (nSPS) is 12.7. The van der Waals surface area contributed by atoms with Crippen molar-refractivity contribution in [3.05, 3.63) is 155 Å². The Labute approximate surface area is 226 Å². The molecule has 0 amide bonds. The molecule has 5 rings (SSSR count). The second-order valence-electron chi connectivity index (χ2n) is 8.36. The molecule has 0 aliphatic heterocycles. The van der Waals surface area contributed by atoms with Gasteiger partial charge in [0.2, 0.25) is 0 Å². The number of aliphatic hydroxyl groups is 1. The van der Waals surface area contributed by atoms with Crippen molar-refractivity contribution in [3.8, 4) is 0 Å². The van der Waals surface area contributed by atoms with E-state index in [1.54, 1.807) is 0 Å². The number of hydrogen-bond acceptors (Lipinski definition) is 2. The van der Waals surface area contributed by atoms with Gasteiger partial charge in [0.1, 0.15) is 0 Å². The summed E-state index contributed by atoms with van der Waals surface area (Å²) in [5.41, 5.74) is 10.4. The minimum Gasteiger partial charge on any atom is -0.512 e. The van der Waals surface area contributed by atoms with Crippen molar-refractivity contribution in [3.63, 3.8) is 0 Å². The summed E-state index contributed by atoms with van der Waals surface area (Å²) in [4.78, 5) is 10.0. The second-order valence-corrected chi connectivity index (χ2v) is 8.36. The van der Waals surface area contributed by atoms with E-state index < -0.39 is 0 Å². The molecule has 1 aliphatic rings. The summed E-state index contributed by atoms with van der Waals surface area (Å²) in [6.45, 7) is 2.85. The summed E-state index contributed by atoms with van der Waals surface area (Å²) in [6.07, 6.45) is 1.17. The van der Waals surface area contributed by atoms with E-state index in [4.69, 9.17) is 5.11 Å². The Morgan fingerprint density at radius 1 is 0.500 bits per heavy atom. The van der Waals surface area contributed by atoms with E-state index in [1.165, 1.54) is 64.5 Å². The van der Waals surface area contributed by atoms with Gasteiger partial charge in [0, 0.05) is 25.6 Å². The molecule has 0 saturated carbocycles. The fourth-order valence-corrected chi connectivity index (χ4v) is 4.31. The fraction of sp³-hybridized carbons (Fsp3) is 0.0606. The van der Waals surface area contributed by atoms with Crippen LogP contribution in [-0.2, 0) is 24.3 Å². The molecule has 0 atom stereocenters. The average molecular weight is 559 g/mol. The van der Waals surface area contributed by atoms with Crippen molar-refractivity contribution in [2.45, 2.75) is 13.8 Å². The predicted octanol–water partition coefficient (Wildman–Crippen LogP) is 8.26. The van der Waals surface area contributed by atoms with Gasteiger partial charge in [-0.25, -0.2) is 0 Å². The largest absolute Gasteiger partial charge is 0.512 e. The molecule has 0 spiro atoms. The van der Waals surface area contributed by atoms with Gasteiger partial charge in [-0.05, 0) is 58.4 Å². The van der Waals surface area contributed by atoms with Crippen LogP contribution in [0.15, 0.2) is 133 Å². The number of allylic oxidation sites excluding steroid dienone is 6. The molecular weight excluding hydrogens is 531 g/mol. The number of benzene rings is 4. The van der Waals surface area contributed by atoms with Crippen LogP contribution in [-0.4, -0.2) is 10.9 Å². The van der Waals surface area contributed by atoms with Crippen molar-refractivity contribution in [2.24, 2.45) is 0 Å². The smallest absolute Gasteiger partial charge is 0.155 e. The van der Waals surface area contributed by atoms with Crippen molar-refractivity contribution >= 4 is 28.1 Å². The van der Waals surface area contributed by atoms with E-state index in [2.05, 4.69) is 121 Å². The molecule has 181 valence electrons. The zero-order chi connectivity index (χ0) is 24.6. The first-order valence-electron chi connectivity index (χ1n) is 11.6. The summed E-state index contributed by atoms with van der Waals surface area (Å²) in [7, 11) is 0. The Morgan fingerprint density at radius 2 is 0.722 bits per heavy atom. The Kier molecular flexibility index (Phi) is 9.50. The third kappa shape index (κ3) is 6.24. The number of rotatable bonds is 5. The molecule has 1 radical (unpaired) electrons. The van der Waals surface area contributed by atoms with Crippen LogP contribution in [0.4, 0.5) is 0 Å². The van der Waals surface area contributed by atoms with Crippen LogP contribution in [0, 0.1) is 0 Å². The van der Waals surface area contributed by atoms with Crippen LogP contribution in [0.25, 0.3) is 22.3 Å². The zero-order valence-electron chi connectivity index (χ0n) is 20.3. The SMILES string of the molecule is CC(=O)/C=C(/C)O.[Rh].c1ccc(C2=C(c3ccccc3)C(c3ccccc3)=C2c2ccccc2)cc1. The molecule has 1 aliphatic carbocycles. The molecule has 0 saturated heterocycles. The first-order chi connectivity index (χ1) is 17.1. The number of hydrogen-bond donors (Lipinski definition) is 1. The van der Waals surface area contributed by atoms with E-state index in [-0.39, 0.29) is 31.0 Å². The van der Waals surface area contributed by atoms with Crippen LogP contribution in [0.2, 0.25) is 0 Å². The van der Waals surface area contributed by atoms with Gasteiger partial charge in [0.25, 0.3) is 0 Å². The van der Waals surface area contributed by atoms with Gasteiger partial charge in [-0.15, -0.1) is 0 Å². The van der Waals surface area contributed by atoms with Gasteiger partial charge in [-0.1, -0.05) is 121 Å². The molecule has 0 fully saturated rings. The molecule has 0 aromatic heterocycles. The molecule has 1 N–H and O–H groups in total. The van der Waals surface area contributed by atoms with Crippen molar-refractivity contribution in [2.75, 3.05) is 0 Å². The topological polar surface area (TPSA) is 37.3 Å². The Morgan fingerprint density at radius 3 is 0.861 bits per heavy atom. The molecule has 0 unspecified atom stereocenters. The number of carbonyl (C=O) groups excluding carboxylic acids is 1. The third-order valence-electron chi connectivity index (χ3n) is 5.66. The van der Waals surface area contributed by atoms with Crippen LogP contribution >= 0.6 is 0 Å². The standard InChI is InChI=1S/C28H20.C5H8O2.Rh/c1-5-13-21(14-6-1)25-26(22-15-7-2-8-16-22)28(24-19-11-4-12-20-24)27(25)23-17-9-3-10-18-23;1-4(6)3-5(2)7;/h1-20H;3,6H,1-2H3;/b;4-3-;. The van der Waals surface area contributed by atoms with Gasteiger partial charge in [0.15, 0.2) is 5.78 Å². The predicted molar refractivity (Wildman–Crippen MR) is 146 cm³/mol. The maximum absolute atomic E-state index is 10.0. The first-order valence-corrected chi connectivity index (χ1v) is 11.6. The maximum atomic E-state index is 10.0. The summed E-state index contributed by atoms with van der Waals surface area (Å²) in [5.74, 6) is -0.0625. The van der Waals surface area contributed by atoms with Gasteiger partial charge in [0.05, 0.1) is 5.76 Å². The monoisotopic (exact) mass is 559 g/mol. The fourth-order valence-electron chi connectivity index (χ4n) is 4.31. The number of carbonyl (C=O) groups is 1. The Balaban J connectivity index is 0.000000400. The van der Waals surface area contributed by atoms with Crippen LogP contribution in [0.3, 0.4) is 0 Å². The Bertz CT molecular complexity index is 1180. The summed E-state index contributed by atoms with van der Waals surface area (Å²) >= 11 is 0. The van der Waals surface area contributed by atoms with E-state index >= 15 is 0 Å². The van der Waals surface area contributed by atoms with E-state index in [1.807, 2.05) is 0 Å². The average Bonchev–Trinajstić information content (AvgIpc) is 2.86. The van der Waals surface area contributed by atoms with Crippen molar-refractivity contribution in [1.82, 2.24) is 0 Å². The Hall–Kier alpha value is -3.81. The second kappa shape index (κ2) is 12.8.